The van der Waals surface area contributed by atoms with Gasteiger partial charge >= 0.3 is 0 Å². The van der Waals surface area contributed by atoms with Crippen molar-refractivity contribution in [3.8, 4) is 5.75 Å². The van der Waals surface area contributed by atoms with Crippen LogP contribution in [0.5, 0.6) is 5.75 Å². The molecule has 21 heavy (non-hydrogen) atoms. The summed E-state index contributed by atoms with van der Waals surface area (Å²) in [4.78, 5) is 24.4. The van der Waals surface area contributed by atoms with Crippen molar-refractivity contribution < 1.29 is 9.53 Å². The molecule has 1 amide bonds. The average molecular weight is 352 g/mol. The molecule has 2 rings (SSSR count). The Hall–Kier alpha value is -2.15. The number of nitrogens with zero attached hydrogens (tertiary/aromatic N) is 2. The smallest absolute Gasteiger partial charge is 0.274 e. The summed E-state index contributed by atoms with van der Waals surface area (Å²) >= 11 is 3.35. The molecule has 1 N–H and O–H groups in total. The SMILES string of the molecule is CN(CCOc1ccc(Br)cc1)C(=O)c1ccc(=O)[nH]n1. The highest BCUT2D eigenvalue weighted by Gasteiger charge is 2.13. The van der Waals surface area contributed by atoms with E-state index in [0.29, 0.717) is 13.2 Å². The monoisotopic (exact) mass is 351 g/mol. The van der Waals surface area contributed by atoms with Crippen LogP contribution in [-0.4, -0.2) is 41.2 Å². The number of H-pyrrole nitrogens is 1. The molecule has 1 aromatic carbocycles. The van der Waals surface area contributed by atoms with Gasteiger partial charge in [0.15, 0.2) is 0 Å². The van der Waals surface area contributed by atoms with E-state index in [1.54, 1.807) is 7.05 Å². The van der Waals surface area contributed by atoms with Gasteiger partial charge in [0.1, 0.15) is 18.1 Å². The van der Waals surface area contributed by atoms with E-state index in [2.05, 4.69) is 26.1 Å². The van der Waals surface area contributed by atoms with E-state index in [0.717, 1.165) is 10.2 Å². The van der Waals surface area contributed by atoms with E-state index in [1.165, 1.54) is 17.0 Å². The number of hydrogen-bond acceptors (Lipinski definition) is 4. The zero-order valence-corrected chi connectivity index (χ0v) is 13.0. The summed E-state index contributed by atoms with van der Waals surface area (Å²) < 4.78 is 6.52. The standard InChI is InChI=1S/C14H14BrN3O3/c1-18(14(20)12-6-7-13(19)17-16-12)8-9-21-11-4-2-10(15)3-5-11/h2-7H,8-9H2,1H3,(H,17,19). The van der Waals surface area contributed by atoms with Gasteiger partial charge in [0.05, 0.1) is 6.54 Å². The third-order valence-corrected chi connectivity index (χ3v) is 3.28. The number of carbonyl (C=O) groups is 1. The van der Waals surface area contributed by atoms with Crippen LogP contribution in [0.4, 0.5) is 0 Å². The number of aromatic amines is 1. The first-order chi connectivity index (χ1) is 10.1. The Morgan fingerprint density at radius 1 is 1.29 bits per heavy atom. The number of ether oxygens (including phenoxy) is 1. The maximum atomic E-state index is 12.0. The first-order valence-electron chi connectivity index (χ1n) is 6.26. The molecule has 0 atom stereocenters. The van der Waals surface area contributed by atoms with Crippen LogP contribution in [0.1, 0.15) is 10.5 Å². The van der Waals surface area contributed by atoms with Crippen LogP contribution < -0.4 is 10.3 Å². The Bertz CT molecular complexity index is 649. The summed E-state index contributed by atoms with van der Waals surface area (Å²) in [5.41, 5.74) is -0.145. The summed E-state index contributed by atoms with van der Waals surface area (Å²) in [5.74, 6) is 0.465. The van der Waals surface area contributed by atoms with Crippen molar-refractivity contribution >= 4 is 21.8 Å². The fourth-order valence-electron chi connectivity index (χ4n) is 1.59. The van der Waals surface area contributed by atoms with Crippen LogP contribution in [0.25, 0.3) is 0 Å². The Kier molecular flexibility index (Phi) is 5.10. The van der Waals surface area contributed by atoms with Crippen LogP contribution in [0.2, 0.25) is 0 Å². The summed E-state index contributed by atoms with van der Waals surface area (Å²) in [6.07, 6.45) is 0. The molecule has 0 saturated carbocycles. The van der Waals surface area contributed by atoms with Crippen molar-refractivity contribution in [1.82, 2.24) is 15.1 Å². The number of hydrogen-bond donors (Lipinski definition) is 1. The number of rotatable bonds is 5. The highest BCUT2D eigenvalue weighted by atomic mass is 79.9. The van der Waals surface area contributed by atoms with Gasteiger partial charge < -0.3 is 9.64 Å². The molecule has 0 aliphatic heterocycles. The molecule has 0 radical (unpaired) electrons. The first kappa shape index (κ1) is 15.2. The van der Waals surface area contributed by atoms with Crippen LogP contribution in [0.15, 0.2) is 45.7 Å². The summed E-state index contributed by atoms with van der Waals surface area (Å²) in [7, 11) is 1.65. The Balaban J connectivity index is 1.85. The van der Waals surface area contributed by atoms with E-state index in [-0.39, 0.29) is 17.2 Å². The molecule has 7 heteroatoms. The largest absolute Gasteiger partial charge is 0.492 e. The summed E-state index contributed by atoms with van der Waals surface area (Å²) in [6.45, 7) is 0.781. The van der Waals surface area contributed by atoms with Gasteiger partial charge in [-0.05, 0) is 30.3 Å². The number of nitrogens with one attached hydrogen (secondary N) is 1. The summed E-state index contributed by atoms with van der Waals surface area (Å²) in [6, 6.07) is 10.1. The van der Waals surface area contributed by atoms with Crippen molar-refractivity contribution in [2.45, 2.75) is 0 Å². The molecule has 0 aliphatic carbocycles. The van der Waals surface area contributed by atoms with Gasteiger partial charge in [0, 0.05) is 17.6 Å². The molecule has 0 fully saturated rings. The maximum absolute atomic E-state index is 12.0. The van der Waals surface area contributed by atoms with Gasteiger partial charge in [-0.15, -0.1) is 0 Å². The fraction of sp³-hybridized carbons (Fsp3) is 0.214. The number of benzene rings is 1. The van der Waals surface area contributed by atoms with Crippen LogP contribution in [0.3, 0.4) is 0 Å². The number of likely N-dealkylation sites (N-methyl/N-ethyl adjacent to an activating group) is 1. The molecule has 0 saturated heterocycles. The zero-order valence-electron chi connectivity index (χ0n) is 11.4. The second-order valence-electron chi connectivity index (χ2n) is 4.34. The van der Waals surface area contributed by atoms with E-state index in [4.69, 9.17) is 4.74 Å². The van der Waals surface area contributed by atoms with Crippen molar-refractivity contribution in [3.63, 3.8) is 0 Å². The first-order valence-corrected chi connectivity index (χ1v) is 7.05. The number of amides is 1. The lowest BCUT2D eigenvalue weighted by molar-refractivity contribution is 0.0766. The van der Waals surface area contributed by atoms with Crippen LogP contribution in [0, 0.1) is 0 Å². The van der Waals surface area contributed by atoms with E-state index in [1.807, 2.05) is 24.3 Å². The van der Waals surface area contributed by atoms with E-state index in [9.17, 15) is 9.59 Å². The molecule has 110 valence electrons. The highest BCUT2D eigenvalue weighted by Crippen LogP contribution is 2.15. The highest BCUT2D eigenvalue weighted by molar-refractivity contribution is 9.10. The molecule has 0 unspecified atom stereocenters. The molecular formula is C14H14BrN3O3. The van der Waals surface area contributed by atoms with E-state index < -0.39 is 0 Å². The maximum Gasteiger partial charge on any atom is 0.274 e. The van der Waals surface area contributed by atoms with Crippen LogP contribution in [-0.2, 0) is 0 Å². The van der Waals surface area contributed by atoms with Crippen molar-refractivity contribution in [2.24, 2.45) is 0 Å². The lowest BCUT2D eigenvalue weighted by Crippen LogP contribution is -2.32. The fourth-order valence-corrected chi connectivity index (χ4v) is 1.86. The van der Waals surface area contributed by atoms with Crippen LogP contribution >= 0.6 is 15.9 Å². The predicted molar refractivity (Wildman–Crippen MR) is 81.5 cm³/mol. The quantitative estimate of drug-likeness (QED) is 0.889. The predicted octanol–water partition coefficient (Wildman–Crippen LogP) is 1.68. The van der Waals surface area contributed by atoms with Crippen molar-refractivity contribution in [2.75, 3.05) is 20.2 Å². The lowest BCUT2D eigenvalue weighted by atomic mass is 10.3. The molecule has 2 aromatic rings. The van der Waals surface area contributed by atoms with Crippen molar-refractivity contribution in [3.05, 3.63) is 56.9 Å². The van der Waals surface area contributed by atoms with E-state index >= 15 is 0 Å². The minimum absolute atomic E-state index is 0.195. The second-order valence-corrected chi connectivity index (χ2v) is 5.25. The zero-order chi connectivity index (χ0) is 15.2. The molecule has 0 aliphatic rings. The van der Waals surface area contributed by atoms with Gasteiger partial charge in [-0.3, -0.25) is 9.59 Å². The van der Waals surface area contributed by atoms with Gasteiger partial charge in [-0.1, -0.05) is 15.9 Å². The molecule has 1 heterocycles. The van der Waals surface area contributed by atoms with Gasteiger partial charge in [0.25, 0.3) is 11.5 Å². The Morgan fingerprint density at radius 3 is 2.62 bits per heavy atom. The minimum atomic E-state index is -0.340. The molecule has 1 aromatic heterocycles. The molecular weight excluding hydrogens is 338 g/mol. The average Bonchev–Trinajstić information content (AvgIpc) is 2.49. The third kappa shape index (κ3) is 4.42. The number of halogens is 1. The number of carbonyl (C=O) groups excluding carboxylic acids is 1. The third-order valence-electron chi connectivity index (χ3n) is 2.75. The topological polar surface area (TPSA) is 75.3 Å². The molecule has 6 nitrogen and oxygen atoms in total. The van der Waals surface area contributed by atoms with Gasteiger partial charge in [-0.25, -0.2) is 5.10 Å². The normalized spacial score (nSPS) is 10.2. The Morgan fingerprint density at radius 2 is 2.00 bits per heavy atom. The number of aromatic nitrogens is 2. The molecule has 0 bridgehead atoms. The minimum Gasteiger partial charge on any atom is -0.492 e. The molecule has 0 spiro atoms. The van der Waals surface area contributed by atoms with Crippen molar-refractivity contribution in [1.29, 1.82) is 0 Å². The second kappa shape index (κ2) is 7.03. The Labute approximate surface area is 129 Å². The van der Waals surface area contributed by atoms with Gasteiger partial charge in [0.2, 0.25) is 0 Å². The van der Waals surface area contributed by atoms with Gasteiger partial charge in [-0.2, -0.15) is 5.10 Å². The summed E-state index contributed by atoms with van der Waals surface area (Å²) in [5, 5.41) is 5.93. The lowest BCUT2D eigenvalue weighted by Gasteiger charge is -2.16.